The van der Waals surface area contributed by atoms with Crippen LogP contribution in [0.15, 0.2) is 0 Å². The van der Waals surface area contributed by atoms with Gasteiger partial charge in [0.2, 0.25) is 65.0 Å². The fourth-order valence-electron chi connectivity index (χ4n) is 8.57. The third-order valence-corrected chi connectivity index (χ3v) is 13.9. The SMILES string of the molecule is CCC(C)CCCC(=O)NC(CCN)C(=O)N[C@H](C(=O)NC(CCN)C(=O)NC1CCNC(=O)[C@H]([C@@H](C)O)NC(=O)C(CCN)NC(=O)C(CCN)NC(=O)C(C(C)CC)NC(=O)C(CC(C)C)NC(=O)C(CCN)NC1=O)[C@@H](C)O. The number of nitrogens with one attached hydrogen (secondary N) is 11. The smallest absolute Gasteiger partial charge is 0.245 e. The molecule has 0 aromatic carbocycles. The van der Waals surface area contributed by atoms with E-state index in [1.807, 2.05) is 6.92 Å². The molecule has 23 N–H and O–H groups in total. The number of amides is 11. The Kier molecular flexibility index (Phi) is 34.7. The van der Waals surface area contributed by atoms with Gasteiger partial charge in [0, 0.05) is 13.0 Å². The summed E-state index contributed by atoms with van der Waals surface area (Å²) in [6, 6.07) is -14.5. The van der Waals surface area contributed by atoms with Crippen molar-refractivity contribution in [3.8, 4) is 0 Å². The van der Waals surface area contributed by atoms with E-state index in [1.165, 1.54) is 13.8 Å². The second-order valence-electron chi connectivity index (χ2n) is 21.3. The molecule has 1 fully saturated rings. The first-order chi connectivity index (χ1) is 38.2. The highest BCUT2D eigenvalue weighted by Crippen LogP contribution is 2.14. The van der Waals surface area contributed by atoms with Crippen molar-refractivity contribution >= 4 is 65.0 Å². The molecule has 1 rings (SSSR count). The Hall–Kier alpha value is -6.11. The van der Waals surface area contributed by atoms with Crippen molar-refractivity contribution in [1.29, 1.82) is 0 Å². The molecule has 29 nitrogen and oxygen atoms in total. The summed E-state index contributed by atoms with van der Waals surface area (Å²) in [5, 5.41) is 49.5. The minimum absolute atomic E-state index is 0.0146. The zero-order valence-electron chi connectivity index (χ0n) is 48.7. The largest absolute Gasteiger partial charge is 0.391 e. The van der Waals surface area contributed by atoms with Crippen LogP contribution >= 0.6 is 0 Å². The normalized spacial score (nSPS) is 23.9. The Labute approximate surface area is 475 Å². The molecule has 0 spiro atoms. The van der Waals surface area contributed by atoms with Crippen LogP contribution in [0.25, 0.3) is 0 Å². The number of carbonyl (C=O) groups is 11. The highest BCUT2D eigenvalue weighted by atomic mass is 16.3. The maximum atomic E-state index is 14.4. The first-order valence-corrected chi connectivity index (χ1v) is 28.4. The molecule has 0 saturated carbocycles. The second kappa shape index (κ2) is 38.6. The van der Waals surface area contributed by atoms with Gasteiger partial charge < -0.3 is 97.4 Å². The molecule has 1 saturated heterocycles. The van der Waals surface area contributed by atoms with Crippen LogP contribution in [0.3, 0.4) is 0 Å². The number of hydrogen-bond donors (Lipinski definition) is 18. The highest BCUT2D eigenvalue weighted by molar-refractivity contribution is 5.99. The van der Waals surface area contributed by atoms with Gasteiger partial charge in [-0.15, -0.1) is 0 Å². The molecule has 11 amide bonds. The predicted octanol–water partition coefficient (Wildman–Crippen LogP) is -5.83. The molecule has 0 aromatic heterocycles. The molecule has 29 heteroatoms. The molecule has 1 aliphatic heterocycles. The molecule has 1 aliphatic rings. The van der Waals surface area contributed by atoms with Gasteiger partial charge in [-0.25, -0.2) is 0 Å². The summed E-state index contributed by atoms with van der Waals surface area (Å²) in [5.74, 6) is -9.95. The van der Waals surface area contributed by atoms with Crippen molar-refractivity contribution in [2.24, 2.45) is 46.4 Å². The van der Waals surface area contributed by atoms with Crippen molar-refractivity contribution < 1.29 is 63.0 Å². The fourth-order valence-corrected chi connectivity index (χ4v) is 8.57. The van der Waals surface area contributed by atoms with Crippen LogP contribution in [-0.4, -0.2) is 187 Å². The van der Waals surface area contributed by atoms with Crippen molar-refractivity contribution in [2.75, 3.05) is 39.3 Å². The van der Waals surface area contributed by atoms with E-state index in [0.717, 1.165) is 12.8 Å². The summed E-state index contributed by atoms with van der Waals surface area (Å²) in [5.41, 5.74) is 29.2. The first-order valence-electron chi connectivity index (χ1n) is 28.4. The van der Waals surface area contributed by atoms with Crippen LogP contribution in [0, 0.1) is 17.8 Å². The monoisotopic (exact) mass is 1150 g/mol. The van der Waals surface area contributed by atoms with E-state index < -0.39 is 156 Å². The van der Waals surface area contributed by atoms with Gasteiger partial charge >= 0.3 is 0 Å². The molecule has 0 aromatic rings. The van der Waals surface area contributed by atoms with Crippen LogP contribution in [0.1, 0.15) is 132 Å². The van der Waals surface area contributed by atoms with Gasteiger partial charge in [-0.2, -0.15) is 0 Å². The number of carbonyl (C=O) groups excluding carboxylic acids is 11. The lowest BCUT2D eigenvalue weighted by atomic mass is 9.96. The van der Waals surface area contributed by atoms with E-state index in [9.17, 15) is 63.0 Å². The topological polar surface area (TPSA) is 491 Å². The summed E-state index contributed by atoms with van der Waals surface area (Å²) in [6.45, 7) is 12.4. The minimum Gasteiger partial charge on any atom is -0.391 e. The van der Waals surface area contributed by atoms with E-state index >= 15 is 0 Å². The standard InChI is InChI=1S/C52H98N16O13/c1-9-28(5)12-11-13-39(71)59-32(14-20-53)47(76)68-42(31(8)70)52(81)64-35(17-23-56)44(73)62-37-19-25-58-50(79)41(30(7)69)67-48(77)36(18-24-57)61-43(72)34(16-22-55)63-51(80)40(29(6)10-2)66-49(78)38(26-27(3)4)65-45(74)33(15-21-54)60-46(37)75/h27-38,40-42,69-70H,9-26,53-57H2,1-8H3,(H,58,79)(H,59,71)(H,60,75)(H,61,72)(H,62,73)(H,63,80)(H,64,81)(H,65,74)(H,66,78)(H,67,77)(H,68,76)/t28?,29?,30-,31-,32?,33?,34?,35?,36?,37?,38?,40?,41+,42+/m1/s1. The average Bonchev–Trinajstić information content (AvgIpc) is 3.40. The molecule has 10 unspecified atom stereocenters. The molecule has 1 heterocycles. The van der Waals surface area contributed by atoms with Gasteiger partial charge in [-0.05, 0) is 116 Å². The number of aliphatic hydroxyl groups excluding tert-OH is 2. The number of hydrogen-bond acceptors (Lipinski definition) is 18. The third-order valence-electron chi connectivity index (χ3n) is 13.9. The van der Waals surface area contributed by atoms with E-state index in [2.05, 4.69) is 65.4 Å². The highest BCUT2D eigenvalue weighted by Gasteiger charge is 2.38. The molecule has 14 atom stereocenters. The Morgan fingerprint density at radius 2 is 1.02 bits per heavy atom. The number of aliphatic hydroxyl groups is 2. The molecule has 81 heavy (non-hydrogen) atoms. The lowest BCUT2D eigenvalue weighted by molar-refractivity contribution is -0.137. The van der Waals surface area contributed by atoms with Crippen molar-refractivity contribution in [1.82, 2.24) is 58.5 Å². The zero-order chi connectivity index (χ0) is 61.5. The van der Waals surface area contributed by atoms with Gasteiger partial charge in [-0.1, -0.05) is 60.8 Å². The lowest BCUT2D eigenvalue weighted by Crippen LogP contribution is -2.62. The van der Waals surface area contributed by atoms with Crippen LogP contribution in [0.2, 0.25) is 0 Å². The summed E-state index contributed by atoms with van der Waals surface area (Å²) in [4.78, 5) is 153. The van der Waals surface area contributed by atoms with Gasteiger partial charge in [0.15, 0.2) is 0 Å². The Bertz CT molecular complexity index is 2050. The van der Waals surface area contributed by atoms with Gasteiger partial charge in [-0.3, -0.25) is 52.7 Å². The van der Waals surface area contributed by atoms with E-state index in [4.69, 9.17) is 28.7 Å². The molecule has 0 bridgehead atoms. The van der Waals surface area contributed by atoms with Crippen molar-refractivity contribution in [3.63, 3.8) is 0 Å². The van der Waals surface area contributed by atoms with E-state index in [-0.39, 0.29) is 83.6 Å². The minimum atomic E-state index is -1.69. The Balaban J connectivity index is 3.84. The molecular weight excluding hydrogens is 1060 g/mol. The first kappa shape index (κ1) is 72.9. The second-order valence-corrected chi connectivity index (χ2v) is 21.3. The van der Waals surface area contributed by atoms with Gasteiger partial charge in [0.25, 0.3) is 0 Å². The maximum Gasteiger partial charge on any atom is 0.245 e. The quantitative estimate of drug-likeness (QED) is 0.0347. The predicted molar refractivity (Wildman–Crippen MR) is 301 cm³/mol. The molecule has 464 valence electrons. The zero-order valence-corrected chi connectivity index (χ0v) is 48.7. The van der Waals surface area contributed by atoms with E-state index in [1.54, 1.807) is 27.7 Å². The van der Waals surface area contributed by atoms with Crippen LogP contribution in [-0.2, 0) is 52.7 Å². The van der Waals surface area contributed by atoms with Crippen molar-refractivity contribution in [3.05, 3.63) is 0 Å². The maximum absolute atomic E-state index is 14.4. The van der Waals surface area contributed by atoms with Crippen LogP contribution in [0.5, 0.6) is 0 Å². The Morgan fingerprint density at radius 3 is 1.51 bits per heavy atom. The van der Waals surface area contributed by atoms with E-state index in [0.29, 0.717) is 18.8 Å². The molecule has 0 aliphatic carbocycles. The molecule has 0 radical (unpaired) electrons. The summed E-state index contributed by atoms with van der Waals surface area (Å²) in [7, 11) is 0. The number of nitrogens with two attached hydrogens (primary N) is 5. The van der Waals surface area contributed by atoms with Crippen LogP contribution in [0.4, 0.5) is 0 Å². The van der Waals surface area contributed by atoms with Gasteiger partial charge in [0.1, 0.15) is 60.4 Å². The van der Waals surface area contributed by atoms with Gasteiger partial charge in [0.05, 0.1) is 12.2 Å². The average molecular weight is 1160 g/mol. The summed E-state index contributed by atoms with van der Waals surface area (Å²) < 4.78 is 0. The number of rotatable bonds is 28. The summed E-state index contributed by atoms with van der Waals surface area (Å²) >= 11 is 0. The molecular formula is C52H98N16O13. The van der Waals surface area contributed by atoms with Crippen molar-refractivity contribution in [2.45, 2.75) is 205 Å². The summed E-state index contributed by atoms with van der Waals surface area (Å²) in [6.07, 6.45) is -1.50. The lowest BCUT2D eigenvalue weighted by Gasteiger charge is -2.30. The van der Waals surface area contributed by atoms with Crippen LogP contribution < -0.4 is 87.2 Å². The Morgan fingerprint density at radius 1 is 0.543 bits per heavy atom. The third kappa shape index (κ3) is 26.1. The fraction of sp³-hybridized carbons (Fsp3) is 0.788.